The molecule has 0 aliphatic carbocycles. The van der Waals surface area contributed by atoms with Crippen LogP contribution in [0.25, 0.3) is 6.08 Å². The highest BCUT2D eigenvalue weighted by molar-refractivity contribution is 7.21. The van der Waals surface area contributed by atoms with E-state index in [1.54, 1.807) is 24.3 Å². The first-order chi connectivity index (χ1) is 9.58. The van der Waals surface area contributed by atoms with Crippen LogP contribution in [0.3, 0.4) is 0 Å². The summed E-state index contributed by atoms with van der Waals surface area (Å²) in [7, 11) is 2.36. The lowest BCUT2D eigenvalue weighted by molar-refractivity contribution is -0.112. The highest BCUT2D eigenvalue weighted by Crippen LogP contribution is 2.29. The Hall–Kier alpha value is -1.83. The first kappa shape index (κ1) is 14.6. The van der Waals surface area contributed by atoms with Gasteiger partial charge in [0.1, 0.15) is 0 Å². The molecule has 1 atom stereocenters. The molecule has 20 heavy (non-hydrogen) atoms. The molecule has 2 aromatic carbocycles. The molecule has 0 spiro atoms. The number of halogens is 1. The lowest BCUT2D eigenvalue weighted by Crippen LogP contribution is -2.18. The van der Waals surface area contributed by atoms with Gasteiger partial charge in [-0.05, 0) is 39.2 Å². The Morgan fingerprint density at radius 3 is 2.55 bits per heavy atom. The van der Waals surface area contributed by atoms with Crippen molar-refractivity contribution in [2.75, 3.05) is 10.4 Å². The van der Waals surface area contributed by atoms with Crippen molar-refractivity contribution in [3.63, 3.8) is 0 Å². The zero-order chi connectivity index (χ0) is 14.5. The van der Waals surface area contributed by atoms with Gasteiger partial charge >= 0.3 is 0 Å². The molecule has 102 valence electrons. The number of rotatable bonds is 3. The summed E-state index contributed by atoms with van der Waals surface area (Å²) in [4.78, 5) is 12.1. The van der Waals surface area contributed by atoms with Crippen LogP contribution < -0.4 is 10.4 Å². The van der Waals surface area contributed by atoms with Crippen molar-refractivity contribution < 1.29 is 4.79 Å². The van der Waals surface area contributed by atoms with Gasteiger partial charge in [0, 0.05) is 11.1 Å². The number of hydrogen-bond donors (Lipinski definition) is 1. The van der Waals surface area contributed by atoms with Gasteiger partial charge in [0.25, 0.3) is 5.91 Å². The number of carbonyl (C=O) groups is 1. The van der Waals surface area contributed by atoms with Crippen LogP contribution in [0.4, 0.5) is 11.4 Å². The summed E-state index contributed by atoms with van der Waals surface area (Å²) in [5.41, 5.74) is 7.86. The van der Waals surface area contributed by atoms with Crippen molar-refractivity contribution in [2.45, 2.75) is 0 Å². The molecule has 5 heteroatoms. The molecular formula is C15H14ClN2OP. The van der Waals surface area contributed by atoms with Crippen molar-refractivity contribution in [3.8, 4) is 0 Å². The summed E-state index contributed by atoms with van der Waals surface area (Å²) in [6, 6.07) is 14.6. The Bertz CT molecular complexity index is 644. The van der Waals surface area contributed by atoms with E-state index in [1.165, 1.54) is 10.7 Å². The van der Waals surface area contributed by atoms with E-state index in [0.29, 0.717) is 16.4 Å². The van der Waals surface area contributed by atoms with Crippen molar-refractivity contribution in [3.05, 3.63) is 65.2 Å². The first-order valence-electron chi connectivity index (χ1n) is 5.95. The van der Waals surface area contributed by atoms with Gasteiger partial charge < -0.3 is 5.73 Å². The predicted molar refractivity (Wildman–Crippen MR) is 88.5 cm³/mol. The van der Waals surface area contributed by atoms with E-state index in [-0.39, 0.29) is 5.91 Å². The summed E-state index contributed by atoms with van der Waals surface area (Å²) in [6.07, 6.45) is 3.25. The smallest absolute Gasteiger partial charge is 0.253 e. The van der Waals surface area contributed by atoms with Gasteiger partial charge in [0.05, 0.1) is 11.4 Å². The Morgan fingerprint density at radius 2 is 1.90 bits per heavy atom. The van der Waals surface area contributed by atoms with E-state index in [4.69, 9.17) is 17.3 Å². The van der Waals surface area contributed by atoms with Gasteiger partial charge in [-0.1, -0.05) is 41.9 Å². The molecule has 0 saturated carbocycles. The molecule has 2 N–H and O–H groups in total. The van der Waals surface area contributed by atoms with Crippen LogP contribution in [0.5, 0.6) is 0 Å². The molecule has 0 fully saturated rings. The van der Waals surface area contributed by atoms with Crippen LogP contribution in [0.15, 0.2) is 54.6 Å². The number of anilines is 2. The molecule has 1 unspecified atom stereocenters. The fourth-order valence-corrected chi connectivity index (χ4v) is 2.18. The maximum absolute atomic E-state index is 12.1. The minimum absolute atomic E-state index is 0.187. The lowest BCUT2D eigenvalue weighted by Gasteiger charge is -2.17. The molecule has 0 saturated heterocycles. The Morgan fingerprint density at radius 1 is 1.20 bits per heavy atom. The normalized spacial score (nSPS) is 10.7. The van der Waals surface area contributed by atoms with Crippen molar-refractivity contribution in [2.24, 2.45) is 0 Å². The van der Waals surface area contributed by atoms with Gasteiger partial charge in [0.2, 0.25) is 0 Å². The van der Waals surface area contributed by atoms with E-state index < -0.39 is 0 Å². The minimum Gasteiger partial charge on any atom is -0.397 e. The topological polar surface area (TPSA) is 46.3 Å². The van der Waals surface area contributed by atoms with Crippen molar-refractivity contribution in [1.29, 1.82) is 0 Å². The number of hydrogen-bond acceptors (Lipinski definition) is 2. The quantitative estimate of drug-likeness (QED) is 0.533. The summed E-state index contributed by atoms with van der Waals surface area (Å²) in [5.74, 6) is -0.187. The molecular weight excluding hydrogens is 291 g/mol. The molecule has 0 aliphatic rings. The maximum Gasteiger partial charge on any atom is 0.253 e. The highest BCUT2D eigenvalue weighted by Gasteiger charge is 2.11. The van der Waals surface area contributed by atoms with Gasteiger partial charge in [-0.15, -0.1) is 0 Å². The number of benzene rings is 2. The average Bonchev–Trinajstić information content (AvgIpc) is 2.45. The number of nitrogens with two attached hydrogens (primary N) is 1. The second-order valence-electron chi connectivity index (χ2n) is 4.16. The van der Waals surface area contributed by atoms with Crippen LogP contribution in [0, 0.1) is 0 Å². The largest absolute Gasteiger partial charge is 0.397 e. The Labute approximate surface area is 125 Å². The number of nitrogen functional groups attached to an aromatic ring is 1. The van der Waals surface area contributed by atoms with Gasteiger partial charge in [-0.3, -0.25) is 9.46 Å². The van der Waals surface area contributed by atoms with Crippen molar-refractivity contribution >= 4 is 44.3 Å². The lowest BCUT2D eigenvalue weighted by atomic mass is 10.2. The van der Waals surface area contributed by atoms with E-state index in [0.717, 1.165) is 5.56 Å². The Balaban J connectivity index is 2.15. The molecule has 0 bridgehead atoms. The predicted octanol–water partition coefficient (Wildman–Crippen LogP) is 3.76. The van der Waals surface area contributed by atoms with Crippen LogP contribution in [0.2, 0.25) is 5.02 Å². The third-order valence-electron chi connectivity index (χ3n) is 2.70. The van der Waals surface area contributed by atoms with Crippen LogP contribution >= 0.6 is 21.0 Å². The third-order valence-corrected chi connectivity index (χ3v) is 3.47. The standard InChI is InChI=1S/C15H14ClN2OP/c16-12-7-8-14(13(17)10-12)18(20)15(19)9-6-11-4-2-1-3-5-11/h1-10H,17,20H2/b9-6+. The van der Waals surface area contributed by atoms with Crippen LogP contribution in [-0.2, 0) is 4.79 Å². The van der Waals surface area contributed by atoms with Gasteiger partial charge in [-0.25, -0.2) is 0 Å². The van der Waals surface area contributed by atoms with Gasteiger partial charge in [-0.2, -0.15) is 0 Å². The number of carbonyl (C=O) groups excluding carboxylic acids is 1. The zero-order valence-corrected chi connectivity index (χ0v) is 12.6. The fraction of sp³-hybridized carbons (Fsp3) is 0. The summed E-state index contributed by atoms with van der Waals surface area (Å²) in [6.45, 7) is 0. The maximum atomic E-state index is 12.1. The molecule has 1 amide bonds. The molecule has 3 nitrogen and oxygen atoms in total. The van der Waals surface area contributed by atoms with E-state index in [9.17, 15) is 4.79 Å². The highest BCUT2D eigenvalue weighted by atomic mass is 35.5. The van der Waals surface area contributed by atoms with Crippen molar-refractivity contribution in [1.82, 2.24) is 0 Å². The molecule has 0 aliphatic heterocycles. The minimum atomic E-state index is -0.187. The average molecular weight is 305 g/mol. The van der Waals surface area contributed by atoms with E-state index >= 15 is 0 Å². The monoisotopic (exact) mass is 304 g/mol. The molecule has 0 radical (unpaired) electrons. The number of nitrogens with zero attached hydrogens (tertiary/aromatic N) is 1. The first-order valence-corrected chi connectivity index (χ1v) is 6.84. The van der Waals surface area contributed by atoms with Crippen LogP contribution in [-0.4, -0.2) is 5.91 Å². The van der Waals surface area contributed by atoms with E-state index in [2.05, 4.69) is 9.39 Å². The van der Waals surface area contributed by atoms with Gasteiger partial charge in [0.15, 0.2) is 0 Å². The summed E-state index contributed by atoms with van der Waals surface area (Å²) >= 11 is 5.84. The fourth-order valence-electron chi connectivity index (χ4n) is 1.68. The second kappa shape index (κ2) is 6.56. The van der Waals surface area contributed by atoms with E-state index in [1.807, 2.05) is 30.3 Å². The molecule has 0 aromatic heterocycles. The third kappa shape index (κ3) is 3.60. The SMILES string of the molecule is Nc1cc(Cl)ccc1N(P)C(=O)/C=C/c1ccccc1. The molecule has 2 rings (SSSR count). The second-order valence-corrected chi connectivity index (χ2v) is 5.11. The Kier molecular flexibility index (Phi) is 4.78. The number of amides is 1. The summed E-state index contributed by atoms with van der Waals surface area (Å²) in [5, 5.41) is 0.539. The van der Waals surface area contributed by atoms with Crippen LogP contribution in [0.1, 0.15) is 5.56 Å². The summed E-state index contributed by atoms with van der Waals surface area (Å²) < 4.78 is 1.41. The zero-order valence-electron chi connectivity index (χ0n) is 10.7. The molecule has 2 aromatic rings. The molecule has 0 heterocycles.